The van der Waals surface area contributed by atoms with Gasteiger partial charge in [0.2, 0.25) is 0 Å². The molecule has 3 rings (SSSR count). The first-order chi connectivity index (χ1) is 13.7. The minimum atomic E-state index is -0.582. The van der Waals surface area contributed by atoms with E-state index in [-0.39, 0.29) is 23.1 Å². The Labute approximate surface area is 178 Å². The Balaban J connectivity index is 2.01. The molecule has 1 aliphatic heterocycles. The van der Waals surface area contributed by atoms with Gasteiger partial charge in [-0.1, -0.05) is 57.3 Å². The van der Waals surface area contributed by atoms with Crippen LogP contribution in [0.25, 0.3) is 0 Å². The number of benzene rings is 1. The lowest BCUT2D eigenvalue weighted by atomic mass is 9.67. The summed E-state index contributed by atoms with van der Waals surface area (Å²) in [5, 5.41) is 0.624. The molecule has 2 atom stereocenters. The number of nitrogens with zero attached hydrogens (tertiary/aromatic N) is 1. The summed E-state index contributed by atoms with van der Waals surface area (Å²) in [7, 11) is 0. The van der Waals surface area contributed by atoms with Crippen LogP contribution < -0.4 is 0 Å². The topological polar surface area (TPSA) is 55.7 Å². The monoisotopic (exact) mass is 415 g/mol. The predicted molar refractivity (Wildman–Crippen MR) is 116 cm³/mol. The van der Waals surface area contributed by atoms with Crippen LogP contribution in [0.3, 0.4) is 0 Å². The summed E-state index contributed by atoms with van der Waals surface area (Å²) in [6.07, 6.45) is 4.12. The molecule has 1 heterocycles. The number of allylic oxidation sites excluding steroid dienone is 2. The molecule has 1 aromatic rings. The van der Waals surface area contributed by atoms with E-state index < -0.39 is 5.92 Å². The number of carbonyl (C=O) groups is 2. The summed E-state index contributed by atoms with van der Waals surface area (Å²) < 4.78 is 5.61. The summed E-state index contributed by atoms with van der Waals surface area (Å²) in [6.45, 7) is 8.56. The van der Waals surface area contributed by atoms with Gasteiger partial charge in [-0.3, -0.25) is 14.6 Å². The van der Waals surface area contributed by atoms with E-state index >= 15 is 0 Å². The summed E-state index contributed by atoms with van der Waals surface area (Å²) >= 11 is 6.09. The van der Waals surface area contributed by atoms with Crippen LogP contribution in [0.5, 0.6) is 0 Å². The van der Waals surface area contributed by atoms with Crippen molar-refractivity contribution in [2.45, 2.75) is 65.7 Å². The van der Waals surface area contributed by atoms with Crippen molar-refractivity contribution in [2.24, 2.45) is 16.3 Å². The van der Waals surface area contributed by atoms with Gasteiger partial charge >= 0.3 is 5.97 Å². The predicted octanol–water partition coefficient (Wildman–Crippen LogP) is 5.89. The standard InChI is InChI=1S/C24H30ClNO3/c1-5-6-7-12-29-23(28)20-15(2)26-18-13-24(3,4)14-19(27)22(18)21(20)16-8-10-17(25)11-9-16/h8-11,20-21H,5-7,12-14H2,1-4H3/t20?,21-/m0/s1. The highest BCUT2D eigenvalue weighted by molar-refractivity contribution is 6.30. The van der Waals surface area contributed by atoms with Crippen LogP contribution in [0.4, 0.5) is 0 Å². The minimum Gasteiger partial charge on any atom is -0.465 e. The Hall–Kier alpha value is -1.94. The largest absolute Gasteiger partial charge is 0.465 e. The van der Waals surface area contributed by atoms with Crippen molar-refractivity contribution in [2.75, 3.05) is 6.61 Å². The molecule has 1 unspecified atom stereocenters. The van der Waals surface area contributed by atoms with E-state index in [1.807, 2.05) is 19.1 Å². The van der Waals surface area contributed by atoms with Crippen LogP contribution >= 0.6 is 11.6 Å². The number of hydrogen-bond donors (Lipinski definition) is 0. The second kappa shape index (κ2) is 8.83. The Morgan fingerprint density at radius 2 is 1.90 bits per heavy atom. The molecule has 0 saturated heterocycles. The smallest absolute Gasteiger partial charge is 0.315 e. The number of esters is 1. The molecule has 0 bridgehead atoms. The lowest BCUT2D eigenvalue weighted by Gasteiger charge is -2.39. The van der Waals surface area contributed by atoms with Gasteiger partial charge in [0, 0.05) is 34.3 Å². The number of hydrogen-bond acceptors (Lipinski definition) is 4. The van der Waals surface area contributed by atoms with E-state index in [1.165, 1.54) is 0 Å². The molecule has 0 saturated carbocycles. The molecule has 156 valence electrons. The molecule has 0 N–H and O–H groups in total. The van der Waals surface area contributed by atoms with Crippen LogP contribution in [0.15, 0.2) is 40.5 Å². The number of ketones is 1. The first kappa shape index (κ1) is 21.8. The van der Waals surface area contributed by atoms with Crippen molar-refractivity contribution < 1.29 is 14.3 Å². The highest BCUT2D eigenvalue weighted by atomic mass is 35.5. The van der Waals surface area contributed by atoms with E-state index in [2.05, 4.69) is 20.8 Å². The van der Waals surface area contributed by atoms with Crippen molar-refractivity contribution in [1.29, 1.82) is 0 Å². The number of rotatable bonds is 6. The second-order valence-electron chi connectivity index (χ2n) is 8.94. The van der Waals surface area contributed by atoms with Crippen molar-refractivity contribution in [3.05, 3.63) is 46.1 Å². The number of carbonyl (C=O) groups excluding carboxylic acids is 2. The van der Waals surface area contributed by atoms with Gasteiger partial charge in [0.1, 0.15) is 5.92 Å². The number of Topliss-reactive ketones (excluding diaryl/α,β-unsaturated/α-hetero) is 1. The quantitative estimate of drug-likeness (QED) is 0.430. The number of unbranched alkanes of at least 4 members (excludes halogenated alkanes) is 2. The third-order valence-corrected chi connectivity index (χ3v) is 6.03. The lowest BCUT2D eigenvalue weighted by Crippen LogP contribution is -2.39. The molecular weight excluding hydrogens is 386 g/mol. The van der Waals surface area contributed by atoms with Crippen molar-refractivity contribution >= 4 is 29.1 Å². The molecule has 0 spiro atoms. The Morgan fingerprint density at radius 1 is 1.21 bits per heavy atom. The van der Waals surface area contributed by atoms with Gasteiger partial charge in [-0.05, 0) is 42.9 Å². The first-order valence-corrected chi connectivity index (χ1v) is 10.8. The van der Waals surface area contributed by atoms with Gasteiger partial charge in [-0.15, -0.1) is 0 Å². The zero-order valence-electron chi connectivity index (χ0n) is 17.8. The lowest BCUT2D eigenvalue weighted by molar-refractivity contribution is -0.146. The minimum absolute atomic E-state index is 0.0798. The molecule has 4 nitrogen and oxygen atoms in total. The third kappa shape index (κ3) is 4.80. The number of ether oxygens (including phenoxy) is 1. The van der Waals surface area contributed by atoms with E-state index in [0.717, 1.165) is 42.7 Å². The van der Waals surface area contributed by atoms with Gasteiger partial charge in [-0.2, -0.15) is 0 Å². The molecule has 0 radical (unpaired) electrons. The molecule has 1 aromatic carbocycles. The average molecular weight is 416 g/mol. The molecule has 5 heteroatoms. The van der Waals surface area contributed by atoms with Crippen molar-refractivity contribution in [3.8, 4) is 0 Å². The second-order valence-corrected chi connectivity index (χ2v) is 9.37. The van der Waals surface area contributed by atoms with Crippen LogP contribution in [0.2, 0.25) is 5.02 Å². The summed E-state index contributed by atoms with van der Waals surface area (Å²) in [4.78, 5) is 31.0. The molecule has 0 amide bonds. The Bertz CT molecular complexity index is 851. The maximum Gasteiger partial charge on any atom is 0.315 e. The maximum absolute atomic E-state index is 13.2. The van der Waals surface area contributed by atoms with E-state index in [4.69, 9.17) is 21.3 Å². The van der Waals surface area contributed by atoms with Crippen molar-refractivity contribution in [3.63, 3.8) is 0 Å². The molecule has 2 aliphatic rings. The molecular formula is C24H30ClNO3. The normalized spacial score (nSPS) is 23.5. The maximum atomic E-state index is 13.2. The van der Waals surface area contributed by atoms with Crippen LogP contribution in [-0.2, 0) is 14.3 Å². The van der Waals surface area contributed by atoms with Gasteiger partial charge in [0.05, 0.1) is 6.61 Å². The van der Waals surface area contributed by atoms with Crippen LogP contribution in [0, 0.1) is 11.3 Å². The van der Waals surface area contributed by atoms with Gasteiger partial charge < -0.3 is 4.74 Å². The fourth-order valence-corrected chi connectivity index (χ4v) is 4.52. The number of aliphatic imine (C=N–C) groups is 1. The van der Waals surface area contributed by atoms with Crippen molar-refractivity contribution in [1.82, 2.24) is 0 Å². The third-order valence-electron chi connectivity index (χ3n) is 5.78. The summed E-state index contributed by atoms with van der Waals surface area (Å²) in [6, 6.07) is 7.42. The molecule has 0 fully saturated rings. The molecule has 29 heavy (non-hydrogen) atoms. The van der Waals surface area contributed by atoms with Crippen LogP contribution in [-0.4, -0.2) is 24.1 Å². The zero-order valence-corrected chi connectivity index (χ0v) is 18.5. The average Bonchev–Trinajstić information content (AvgIpc) is 2.63. The van der Waals surface area contributed by atoms with Gasteiger partial charge in [-0.25, -0.2) is 0 Å². The highest BCUT2D eigenvalue weighted by Crippen LogP contribution is 2.48. The Kier molecular flexibility index (Phi) is 6.62. The molecule has 0 aromatic heterocycles. The highest BCUT2D eigenvalue weighted by Gasteiger charge is 2.45. The fourth-order valence-electron chi connectivity index (χ4n) is 4.40. The summed E-state index contributed by atoms with van der Waals surface area (Å²) in [5.74, 6) is -1.17. The molecule has 1 aliphatic carbocycles. The van der Waals surface area contributed by atoms with Crippen LogP contribution in [0.1, 0.15) is 71.3 Å². The zero-order chi connectivity index (χ0) is 21.2. The number of halogens is 1. The van der Waals surface area contributed by atoms with E-state index in [0.29, 0.717) is 23.6 Å². The fraction of sp³-hybridized carbons (Fsp3) is 0.542. The van der Waals surface area contributed by atoms with E-state index in [1.54, 1.807) is 12.1 Å². The summed E-state index contributed by atoms with van der Waals surface area (Å²) in [5.41, 5.74) is 2.98. The SMILES string of the molecule is CCCCCOC(=O)C1C(C)=NC2=C(C(=O)CC(C)(C)C2)[C@H]1c1ccc(Cl)cc1. The first-order valence-electron chi connectivity index (χ1n) is 10.5. The van der Waals surface area contributed by atoms with E-state index in [9.17, 15) is 9.59 Å². The van der Waals surface area contributed by atoms with Gasteiger partial charge in [0.15, 0.2) is 5.78 Å². The van der Waals surface area contributed by atoms with Gasteiger partial charge in [0.25, 0.3) is 0 Å². The Morgan fingerprint density at radius 3 is 2.55 bits per heavy atom.